The summed E-state index contributed by atoms with van der Waals surface area (Å²) in [6.45, 7) is 8.16. The van der Waals surface area contributed by atoms with E-state index >= 15 is 0 Å². The maximum absolute atomic E-state index is 7.29. The molecule has 42 heavy (non-hydrogen) atoms. The lowest BCUT2D eigenvalue weighted by molar-refractivity contribution is -0.185. The minimum atomic E-state index is -2.77. The van der Waals surface area contributed by atoms with Crippen molar-refractivity contribution >= 4 is 18.7 Å². The van der Waals surface area contributed by atoms with Crippen LogP contribution in [0.5, 0.6) is 0 Å². The third-order valence-corrected chi connectivity index (χ3v) is 13.3. The molecule has 0 bridgehead atoms. The van der Waals surface area contributed by atoms with Gasteiger partial charge in [-0.1, -0.05) is 142 Å². The molecule has 0 amide bonds. The van der Waals surface area contributed by atoms with Gasteiger partial charge in [-0.15, -0.1) is 0 Å². The average molecular weight is 581 g/mol. The maximum Gasteiger partial charge on any atom is 0.261 e. The second kappa shape index (κ2) is 12.6. The highest BCUT2D eigenvalue weighted by Crippen LogP contribution is 2.41. The van der Waals surface area contributed by atoms with Crippen molar-refractivity contribution in [2.24, 2.45) is 0 Å². The Morgan fingerprint density at radius 2 is 1.05 bits per heavy atom. The monoisotopic (exact) mass is 580 g/mol. The van der Waals surface area contributed by atoms with Crippen LogP contribution in [-0.4, -0.2) is 45.6 Å². The van der Waals surface area contributed by atoms with Crippen molar-refractivity contribution in [1.82, 2.24) is 0 Å². The topological polar surface area (TPSA) is 49.5 Å². The van der Waals surface area contributed by atoms with Crippen LogP contribution in [0.25, 0.3) is 0 Å². The Balaban J connectivity index is 1.30. The van der Waals surface area contributed by atoms with Gasteiger partial charge in [-0.05, 0) is 26.5 Å². The van der Waals surface area contributed by atoms with Gasteiger partial charge in [-0.2, -0.15) is 0 Å². The molecule has 5 atom stereocenters. The number of rotatable bonds is 11. The molecule has 0 radical (unpaired) electrons. The summed E-state index contributed by atoms with van der Waals surface area (Å²) in [6, 6.07) is 41.8. The molecule has 4 aromatic rings. The molecule has 218 valence electrons. The Hall–Kier alpha value is -3.10. The molecule has 0 saturated carbocycles. The summed E-state index contributed by atoms with van der Waals surface area (Å²) in [5, 5.41) is 2.32. The lowest BCUT2D eigenvalue weighted by Crippen LogP contribution is -2.67. The average Bonchev–Trinajstić information content (AvgIpc) is 3.80. The summed E-state index contributed by atoms with van der Waals surface area (Å²) >= 11 is 0. The Bertz CT molecular complexity index is 1360. The van der Waals surface area contributed by atoms with Crippen molar-refractivity contribution < 1.29 is 23.4 Å². The summed E-state index contributed by atoms with van der Waals surface area (Å²) in [5.74, 6) is 0. The van der Waals surface area contributed by atoms with Crippen molar-refractivity contribution in [2.75, 3.05) is 6.61 Å². The Morgan fingerprint density at radius 3 is 1.52 bits per heavy atom. The number of hydrogen-bond acceptors (Lipinski definition) is 5. The lowest BCUT2D eigenvalue weighted by atomic mass is 10.0. The fourth-order valence-electron chi connectivity index (χ4n) is 6.13. The summed E-state index contributed by atoms with van der Waals surface area (Å²) in [5.41, 5.74) is 2.22. The quantitative estimate of drug-likeness (QED) is 0.164. The summed E-state index contributed by atoms with van der Waals surface area (Å²) < 4.78 is 33.0. The molecule has 2 saturated heterocycles. The van der Waals surface area contributed by atoms with Crippen molar-refractivity contribution in [3.63, 3.8) is 0 Å². The summed E-state index contributed by atoms with van der Waals surface area (Å²) in [4.78, 5) is 0. The molecule has 6 rings (SSSR count). The molecule has 0 spiro atoms. The smallest absolute Gasteiger partial charge is 0.261 e. The highest BCUT2D eigenvalue weighted by Gasteiger charge is 2.59. The third-order valence-electron chi connectivity index (χ3n) is 8.26. The van der Waals surface area contributed by atoms with Crippen molar-refractivity contribution in [3.05, 3.63) is 132 Å². The molecule has 0 unspecified atom stereocenters. The van der Waals surface area contributed by atoms with E-state index < -0.39 is 8.32 Å². The van der Waals surface area contributed by atoms with Gasteiger partial charge in [0, 0.05) is 0 Å². The van der Waals surface area contributed by atoms with Gasteiger partial charge in [0.2, 0.25) is 0 Å². The molecule has 4 aromatic carbocycles. The standard InChI is InChI=1S/C36H40O5Si/c1-36(2,3)42(29-20-12-6-13-21-29,30-22-14-7-15-23-30)39-26-31-32(37-24-27-16-8-4-9-17-27)33(34-35(40-31)41-34)38-25-28-18-10-5-11-19-28/h4-23,31-35H,24-26H2,1-3H3/t31-,32+,33+,34-,35-/m1/s1. The minimum Gasteiger partial charge on any atom is -0.405 e. The molecule has 2 heterocycles. The molecule has 2 aliphatic rings. The predicted octanol–water partition coefficient (Wildman–Crippen LogP) is 5.86. The van der Waals surface area contributed by atoms with E-state index in [1.165, 1.54) is 10.4 Å². The van der Waals surface area contributed by atoms with Crippen LogP contribution < -0.4 is 10.4 Å². The van der Waals surface area contributed by atoms with Crippen LogP contribution >= 0.6 is 0 Å². The zero-order valence-electron chi connectivity index (χ0n) is 24.6. The fraction of sp³-hybridized carbons (Fsp3) is 0.333. The van der Waals surface area contributed by atoms with E-state index in [0.717, 1.165) is 11.1 Å². The first-order valence-electron chi connectivity index (χ1n) is 14.8. The second-order valence-electron chi connectivity index (χ2n) is 12.1. The van der Waals surface area contributed by atoms with E-state index in [4.69, 9.17) is 23.4 Å². The molecule has 2 fully saturated rings. The zero-order valence-corrected chi connectivity index (χ0v) is 25.6. The van der Waals surface area contributed by atoms with E-state index in [9.17, 15) is 0 Å². The molecular formula is C36H40O5Si. The first-order chi connectivity index (χ1) is 20.5. The summed E-state index contributed by atoms with van der Waals surface area (Å²) in [6.07, 6.45) is -1.47. The van der Waals surface area contributed by atoms with E-state index in [-0.39, 0.29) is 35.7 Å². The fourth-order valence-corrected chi connectivity index (χ4v) is 10.7. The van der Waals surface area contributed by atoms with Crippen LogP contribution in [0.15, 0.2) is 121 Å². The second-order valence-corrected chi connectivity index (χ2v) is 16.4. The molecule has 6 heteroatoms. The van der Waals surface area contributed by atoms with Gasteiger partial charge >= 0.3 is 0 Å². The molecular weight excluding hydrogens is 540 g/mol. The Kier molecular flexibility index (Phi) is 8.72. The Morgan fingerprint density at radius 1 is 0.595 bits per heavy atom. The molecule has 5 nitrogen and oxygen atoms in total. The molecule has 0 aliphatic carbocycles. The van der Waals surface area contributed by atoms with E-state index in [1.54, 1.807) is 0 Å². The maximum atomic E-state index is 7.29. The van der Waals surface area contributed by atoms with Gasteiger partial charge in [0.05, 0.1) is 19.8 Å². The van der Waals surface area contributed by atoms with Gasteiger partial charge in [0.15, 0.2) is 6.29 Å². The van der Waals surface area contributed by atoms with Crippen LogP contribution in [-0.2, 0) is 36.6 Å². The third kappa shape index (κ3) is 6.15. The number of fused-ring (bicyclic) bond motifs is 1. The van der Waals surface area contributed by atoms with Crippen molar-refractivity contribution in [1.29, 1.82) is 0 Å². The summed E-state index contributed by atoms with van der Waals surface area (Å²) in [7, 11) is -2.77. The number of hydrogen-bond donors (Lipinski definition) is 0. The van der Waals surface area contributed by atoms with Gasteiger partial charge in [-0.25, -0.2) is 0 Å². The van der Waals surface area contributed by atoms with Crippen LogP contribution in [0.4, 0.5) is 0 Å². The predicted molar refractivity (Wildman–Crippen MR) is 167 cm³/mol. The van der Waals surface area contributed by atoms with Crippen LogP contribution in [0.1, 0.15) is 31.9 Å². The SMILES string of the molecule is CC(C)(C)[Si](OC[C@H]1O[C@@H]2O[C@@H]2[C@@H](OCc2ccccc2)[C@H]1OCc1ccccc1)(c1ccccc1)c1ccccc1. The molecule has 2 aliphatic heterocycles. The van der Waals surface area contributed by atoms with Gasteiger partial charge in [0.1, 0.15) is 24.4 Å². The van der Waals surface area contributed by atoms with Gasteiger partial charge in [-0.3, -0.25) is 0 Å². The highest BCUT2D eigenvalue weighted by molar-refractivity contribution is 6.99. The van der Waals surface area contributed by atoms with Crippen LogP contribution in [0.2, 0.25) is 5.04 Å². The van der Waals surface area contributed by atoms with E-state index in [1.807, 2.05) is 36.4 Å². The lowest BCUT2D eigenvalue weighted by Gasteiger charge is -2.44. The van der Waals surface area contributed by atoms with E-state index in [2.05, 4.69) is 106 Å². The van der Waals surface area contributed by atoms with Gasteiger partial charge < -0.3 is 23.4 Å². The van der Waals surface area contributed by atoms with Gasteiger partial charge in [0.25, 0.3) is 8.32 Å². The number of epoxide rings is 1. The highest BCUT2D eigenvalue weighted by atomic mass is 28.4. The first kappa shape index (κ1) is 29.0. The van der Waals surface area contributed by atoms with Crippen molar-refractivity contribution in [3.8, 4) is 0 Å². The molecule has 0 aromatic heterocycles. The number of benzene rings is 4. The largest absolute Gasteiger partial charge is 0.405 e. The zero-order chi connectivity index (χ0) is 29.0. The first-order valence-corrected chi connectivity index (χ1v) is 16.7. The van der Waals surface area contributed by atoms with Crippen LogP contribution in [0.3, 0.4) is 0 Å². The Labute approximate surface area is 250 Å². The number of ether oxygens (including phenoxy) is 4. The van der Waals surface area contributed by atoms with Crippen molar-refractivity contribution in [2.45, 2.75) is 69.7 Å². The molecule has 0 N–H and O–H groups in total. The minimum absolute atomic E-state index is 0.146. The normalized spacial score (nSPS) is 23.7. The van der Waals surface area contributed by atoms with E-state index in [0.29, 0.717) is 19.8 Å². The van der Waals surface area contributed by atoms with Crippen LogP contribution in [0, 0.1) is 0 Å².